The third kappa shape index (κ3) is 3.70. The van der Waals surface area contributed by atoms with E-state index in [1.165, 1.54) is 0 Å². The first-order chi connectivity index (χ1) is 8.47. The molecule has 1 aliphatic carbocycles. The first-order valence-electron chi connectivity index (χ1n) is 6.61. The van der Waals surface area contributed by atoms with Crippen molar-refractivity contribution in [1.29, 1.82) is 0 Å². The molecule has 2 atom stereocenters. The molecule has 0 aromatic carbocycles. The summed E-state index contributed by atoms with van der Waals surface area (Å²) >= 11 is 0. The molecule has 0 radical (unpaired) electrons. The fourth-order valence-corrected chi connectivity index (χ4v) is 2.53. The predicted octanol–water partition coefficient (Wildman–Crippen LogP) is 1.11. The second-order valence-electron chi connectivity index (χ2n) is 5.25. The number of carbonyl (C=O) groups excluding carboxylic acids is 1. The molecule has 0 aliphatic heterocycles. The van der Waals surface area contributed by atoms with Crippen LogP contribution in [0.1, 0.15) is 39.5 Å². The molecule has 5 nitrogen and oxygen atoms in total. The van der Waals surface area contributed by atoms with E-state index < -0.39 is 5.97 Å². The lowest BCUT2D eigenvalue weighted by atomic mass is 10.0. The Labute approximate surface area is 108 Å². The molecule has 0 saturated heterocycles. The van der Waals surface area contributed by atoms with Crippen molar-refractivity contribution in [3.05, 3.63) is 0 Å². The van der Waals surface area contributed by atoms with Gasteiger partial charge in [0.25, 0.3) is 0 Å². The molecule has 1 fully saturated rings. The number of hydrogen-bond donors (Lipinski definition) is 2. The number of carboxylic acids is 1. The van der Waals surface area contributed by atoms with Crippen molar-refractivity contribution in [2.75, 3.05) is 13.2 Å². The highest BCUT2D eigenvalue weighted by molar-refractivity contribution is 5.81. The Morgan fingerprint density at radius 3 is 2.33 bits per heavy atom. The van der Waals surface area contributed by atoms with E-state index >= 15 is 0 Å². The van der Waals surface area contributed by atoms with Crippen molar-refractivity contribution in [3.8, 4) is 0 Å². The SMILES string of the molecule is CC(C)N(CCCO)C(=O)[C@@H]1CC[C@H](C(=O)O)C1. The maximum atomic E-state index is 12.3. The van der Waals surface area contributed by atoms with Crippen LogP contribution in [-0.4, -0.2) is 46.2 Å². The van der Waals surface area contributed by atoms with E-state index in [-0.39, 0.29) is 30.4 Å². The second kappa shape index (κ2) is 6.73. The number of aliphatic carboxylic acids is 1. The zero-order valence-corrected chi connectivity index (χ0v) is 11.1. The van der Waals surface area contributed by atoms with Gasteiger partial charge in [-0.2, -0.15) is 0 Å². The van der Waals surface area contributed by atoms with E-state index in [0.29, 0.717) is 32.2 Å². The summed E-state index contributed by atoms with van der Waals surface area (Å²) in [6.45, 7) is 4.50. The van der Waals surface area contributed by atoms with Crippen molar-refractivity contribution < 1.29 is 19.8 Å². The van der Waals surface area contributed by atoms with Gasteiger partial charge < -0.3 is 15.1 Å². The van der Waals surface area contributed by atoms with Crippen LogP contribution in [0.3, 0.4) is 0 Å². The van der Waals surface area contributed by atoms with Crippen molar-refractivity contribution in [1.82, 2.24) is 4.90 Å². The van der Waals surface area contributed by atoms with Gasteiger partial charge in [-0.05, 0) is 39.5 Å². The lowest BCUT2D eigenvalue weighted by molar-refractivity contribution is -0.142. The number of hydrogen-bond acceptors (Lipinski definition) is 3. The summed E-state index contributed by atoms with van der Waals surface area (Å²) in [7, 11) is 0. The third-order valence-corrected chi connectivity index (χ3v) is 3.59. The van der Waals surface area contributed by atoms with Crippen LogP contribution < -0.4 is 0 Å². The summed E-state index contributed by atoms with van der Waals surface area (Å²) in [5.74, 6) is -1.28. The van der Waals surface area contributed by atoms with Crippen LogP contribution in [0.2, 0.25) is 0 Å². The molecule has 1 rings (SSSR count). The van der Waals surface area contributed by atoms with Crippen molar-refractivity contribution in [3.63, 3.8) is 0 Å². The van der Waals surface area contributed by atoms with Crippen molar-refractivity contribution in [2.24, 2.45) is 11.8 Å². The number of nitrogens with zero attached hydrogens (tertiary/aromatic N) is 1. The highest BCUT2D eigenvalue weighted by Crippen LogP contribution is 2.32. The van der Waals surface area contributed by atoms with Gasteiger partial charge in [-0.3, -0.25) is 9.59 Å². The predicted molar refractivity (Wildman–Crippen MR) is 67.0 cm³/mol. The molecular formula is C13H23NO4. The molecule has 0 bridgehead atoms. The first-order valence-corrected chi connectivity index (χ1v) is 6.61. The van der Waals surface area contributed by atoms with Crippen molar-refractivity contribution in [2.45, 2.75) is 45.6 Å². The number of aliphatic hydroxyl groups is 1. The molecule has 2 N–H and O–H groups in total. The minimum atomic E-state index is -0.795. The van der Waals surface area contributed by atoms with Gasteiger partial charge in [-0.1, -0.05) is 0 Å². The molecule has 0 spiro atoms. The Hall–Kier alpha value is -1.10. The molecular weight excluding hydrogens is 234 g/mol. The summed E-state index contributed by atoms with van der Waals surface area (Å²) < 4.78 is 0. The Balaban J connectivity index is 2.58. The van der Waals surface area contributed by atoms with Crippen LogP contribution in [0.5, 0.6) is 0 Å². The van der Waals surface area contributed by atoms with Gasteiger partial charge in [-0.15, -0.1) is 0 Å². The fraction of sp³-hybridized carbons (Fsp3) is 0.846. The molecule has 1 amide bonds. The smallest absolute Gasteiger partial charge is 0.306 e. The van der Waals surface area contributed by atoms with Gasteiger partial charge in [-0.25, -0.2) is 0 Å². The summed E-state index contributed by atoms with van der Waals surface area (Å²) in [5.41, 5.74) is 0. The van der Waals surface area contributed by atoms with Crippen LogP contribution in [0.15, 0.2) is 0 Å². The molecule has 0 aromatic heterocycles. The highest BCUT2D eigenvalue weighted by Gasteiger charge is 2.36. The maximum Gasteiger partial charge on any atom is 0.306 e. The van der Waals surface area contributed by atoms with Gasteiger partial charge >= 0.3 is 5.97 Å². The Kier molecular flexibility index (Phi) is 5.59. The second-order valence-corrected chi connectivity index (χ2v) is 5.25. The number of amides is 1. The zero-order valence-electron chi connectivity index (χ0n) is 11.1. The van der Waals surface area contributed by atoms with E-state index in [1.807, 2.05) is 13.8 Å². The van der Waals surface area contributed by atoms with Crippen LogP contribution in [0.25, 0.3) is 0 Å². The lowest BCUT2D eigenvalue weighted by Gasteiger charge is -2.29. The molecule has 0 aromatic rings. The monoisotopic (exact) mass is 257 g/mol. The van der Waals surface area contributed by atoms with Crippen LogP contribution >= 0.6 is 0 Å². The van der Waals surface area contributed by atoms with E-state index in [0.717, 1.165) is 0 Å². The van der Waals surface area contributed by atoms with Crippen LogP contribution in [0.4, 0.5) is 0 Å². The average Bonchev–Trinajstić information content (AvgIpc) is 2.78. The third-order valence-electron chi connectivity index (χ3n) is 3.59. The Bertz CT molecular complexity index is 303. The standard InChI is InChI=1S/C13H23NO4/c1-9(2)14(6-3-7-15)12(16)10-4-5-11(8-10)13(17)18/h9-11,15H,3-8H2,1-2H3,(H,17,18)/t10-,11+/m1/s1. The largest absolute Gasteiger partial charge is 0.481 e. The summed E-state index contributed by atoms with van der Waals surface area (Å²) in [6, 6.07) is 0.0907. The first kappa shape index (κ1) is 15.0. The van der Waals surface area contributed by atoms with Gasteiger partial charge in [0, 0.05) is 25.1 Å². The van der Waals surface area contributed by atoms with Gasteiger partial charge in [0.15, 0.2) is 0 Å². The zero-order chi connectivity index (χ0) is 13.7. The van der Waals surface area contributed by atoms with E-state index in [1.54, 1.807) is 4.90 Å². The summed E-state index contributed by atoms with van der Waals surface area (Å²) in [4.78, 5) is 25.0. The minimum Gasteiger partial charge on any atom is -0.481 e. The van der Waals surface area contributed by atoms with Gasteiger partial charge in [0.05, 0.1) is 5.92 Å². The summed E-state index contributed by atoms with van der Waals surface area (Å²) in [6.07, 6.45) is 2.28. The van der Waals surface area contributed by atoms with Crippen LogP contribution in [0, 0.1) is 11.8 Å². The van der Waals surface area contributed by atoms with E-state index in [4.69, 9.17) is 10.2 Å². The normalized spacial score (nSPS) is 23.3. The molecule has 1 saturated carbocycles. The van der Waals surface area contributed by atoms with Gasteiger partial charge in [0.1, 0.15) is 0 Å². The Morgan fingerprint density at radius 1 is 1.28 bits per heavy atom. The molecule has 5 heteroatoms. The summed E-state index contributed by atoms with van der Waals surface area (Å²) in [5, 5.41) is 17.8. The lowest BCUT2D eigenvalue weighted by Crippen LogP contribution is -2.41. The highest BCUT2D eigenvalue weighted by atomic mass is 16.4. The fourth-order valence-electron chi connectivity index (χ4n) is 2.53. The molecule has 1 aliphatic rings. The Morgan fingerprint density at radius 2 is 1.89 bits per heavy atom. The van der Waals surface area contributed by atoms with Crippen molar-refractivity contribution >= 4 is 11.9 Å². The number of carbonyl (C=O) groups is 2. The quantitative estimate of drug-likeness (QED) is 0.747. The molecule has 18 heavy (non-hydrogen) atoms. The maximum absolute atomic E-state index is 12.3. The number of carboxylic acid groups (broad SMARTS) is 1. The molecule has 0 unspecified atom stereocenters. The van der Waals surface area contributed by atoms with E-state index in [2.05, 4.69) is 0 Å². The molecule has 104 valence electrons. The number of rotatable bonds is 6. The van der Waals surface area contributed by atoms with Crippen LogP contribution in [-0.2, 0) is 9.59 Å². The topological polar surface area (TPSA) is 77.8 Å². The molecule has 0 heterocycles. The van der Waals surface area contributed by atoms with Gasteiger partial charge in [0.2, 0.25) is 5.91 Å². The number of aliphatic hydroxyl groups excluding tert-OH is 1. The van der Waals surface area contributed by atoms with E-state index in [9.17, 15) is 9.59 Å². The minimum absolute atomic E-state index is 0.0437. The average molecular weight is 257 g/mol.